The van der Waals surface area contributed by atoms with Crippen molar-refractivity contribution in [3.05, 3.63) is 75.5 Å². The van der Waals surface area contributed by atoms with Crippen molar-refractivity contribution in [2.75, 3.05) is 0 Å². The zero-order valence-electron chi connectivity index (χ0n) is 11.1. The molecule has 0 radical (unpaired) electrons. The molecule has 0 bridgehead atoms. The minimum absolute atomic E-state index is 0.105. The van der Waals surface area contributed by atoms with Crippen molar-refractivity contribution in [2.24, 2.45) is 0 Å². The third kappa shape index (κ3) is 2.11. The molecular weight excluding hydrogens is 282 g/mol. The molecule has 2 aromatic heterocycles. The number of para-hydroxylation sites is 1. The van der Waals surface area contributed by atoms with Crippen LogP contribution in [0.1, 0.15) is 10.6 Å². The first-order valence-corrected chi connectivity index (χ1v) is 7.44. The summed E-state index contributed by atoms with van der Waals surface area (Å²) in [7, 11) is 0. The quantitative estimate of drug-likeness (QED) is 0.571. The van der Waals surface area contributed by atoms with Crippen LogP contribution in [0, 0.1) is 0 Å². The van der Waals surface area contributed by atoms with Crippen LogP contribution >= 0.6 is 11.3 Å². The Labute approximate surface area is 124 Å². The van der Waals surface area contributed by atoms with Crippen molar-refractivity contribution in [3.63, 3.8) is 0 Å². The molecule has 0 aliphatic heterocycles. The molecule has 0 unspecified atom stereocenters. The molecule has 4 nitrogen and oxygen atoms in total. The van der Waals surface area contributed by atoms with Crippen molar-refractivity contribution in [1.29, 1.82) is 0 Å². The molecule has 0 fully saturated rings. The number of nitrogens with zero attached hydrogens (tertiary/aromatic N) is 3. The molecule has 0 aliphatic rings. The van der Waals surface area contributed by atoms with Crippen molar-refractivity contribution < 1.29 is 0 Å². The van der Waals surface area contributed by atoms with Crippen LogP contribution in [0.5, 0.6) is 0 Å². The average Bonchev–Trinajstić information content (AvgIpc) is 2.91. The summed E-state index contributed by atoms with van der Waals surface area (Å²) >= 11 is 1.46. The molecule has 0 spiro atoms. The van der Waals surface area contributed by atoms with E-state index in [2.05, 4.69) is 22.2 Å². The smallest absolute Gasteiger partial charge is 0.267 e. The van der Waals surface area contributed by atoms with Gasteiger partial charge in [0.25, 0.3) is 5.56 Å². The van der Waals surface area contributed by atoms with E-state index < -0.39 is 0 Å². The van der Waals surface area contributed by atoms with Gasteiger partial charge < -0.3 is 0 Å². The van der Waals surface area contributed by atoms with E-state index in [1.165, 1.54) is 21.4 Å². The van der Waals surface area contributed by atoms with E-state index in [4.69, 9.17) is 0 Å². The van der Waals surface area contributed by atoms with Crippen LogP contribution in [0.3, 0.4) is 0 Å². The lowest BCUT2D eigenvalue weighted by atomic mass is 10.2. The first-order chi connectivity index (χ1) is 10.3. The Hall–Kier alpha value is -2.53. The van der Waals surface area contributed by atoms with Gasteiger partial charge in [-0.2, -0.15) is 9.61 Å². The highest BCUT2D eigenvalue weighted by Crippen LogP contribution is 2.17. The summed E-state index contributed by atoms with van der Waals surface area (Å²) < 4.78 is 1.41. The van der Waals surface area contributed by atoms with Gasteiger partial charge in [0.05, 0.1) is 10.9 Å². The average molecular weight is 293 g/mol. The van der Waals surface area contributed by atoms with Gasteiger partial charge in [-0.05, 0) is 17.7 Å². The molecular formula is C16H11N3OS. The predicted molar refractivity (Wildman–Crippen MR) is 83.9 cm³/mol. The standard InChI is InChI=1S/C16H11N3OS/c20-15-12-8-4-5-9-13(12)17-16-19(15)18-14(21-16)10-11-6-2-1-3-7-11/h1-9H,10H2. The third-order valence-electron chi connectivity index (χ3n) is 3.34. The number of rotatable bonds is 2. The van der Waals surface area contributed by atoms with Gasteiger partial charge in [-0.1, -0.05) is 53.8 Å². The van der Waals surface area contributed by atoms with Crippen LogP contribution in [0.2, 0.25) is 0 Å². The van der Waals surface area contributed by atoms with Crippen molar-refractivity contribution in [1.82, 2.24) is 14.6 Å². The Balaban J connectivity index is 1.88. The molecule has 0 aliphatic carbocycles. The second kappa shape index (κ2) is 4.79. The van der Waals surface area contributed by atoms with Gasteiger partial charge in [0, 0.05) is 6.42 Å². The maximum atomic E-state index is 12.4. The highest BCUT2D eigenvalue weighted by molar-refractivity contribution is 7.16. The van der Waals surface area contributed by atoms with Gasteiger partial charge in [-0.3, -0.25) is 4.79 Å². The van der Waals surface area contributed by atoms with Crippen molar-refractivity contribution in [2.45, 2.75) is 6.42 Å². The number of benzene rings is 2. The van der Waals surface area contributed by atoms with E-state index in [1.807, 2.05) is 36.4 Å². The number of aromatic nitrogens is 3. The molecule has 0 saturated carbocycles. The Morgan fingerprint density at radius 2 is 1.76 bits per heavy atom. The highest BCUT2D eigenvalue weighted by atomic mass is 32.1. The zero-order valence-corrected chi connectivity index (χ0v) is 11.9. The van der Waals surface area contributed by atoms with E-state index in [-0.39, 0.29) is 5.56 Å². The van der Waals surface area contributed by atoms with E-state index in [1.54, 1.807) is 6.07 Å². The molecule has 5 heteroatoms. The lowest BCUT2D eigenvalue weighted by molar-refractivity contribution is 0.878. The first kappa shape index (κ1) is 12.2. The topological polar surface area (TPSA) is 47.3 Å². The summed E-state index contributed by atoms with van der Waals surface area (Å²) in [5, 5.41) is 5.91. The fourth-order valence-electron chi connectivity index (χ4n) is 2.34. The van der Waals surface area contributed by atoms with Crippen LogP contribution in [0.4, 0.5) is 0 Å². The minimum Gasteiger partial charge on any atom is -0.267 e. The fourth-order valence-corrected chi connectivity index (χ4v) is 3.26. The molecule has 2 heterocycles. The van der Waals surface area contributed by atoms with E-state index in [9.17, 15) is 4.79 Å². The second-order valence-corrected chi connectivity index (χ2v) is 5.83. The van der Waals surface area contributed by atoms with E-state index >= 15 is 0 Å². The zero-order chi connectivity index (χ0) is 14.2. The van der Waals surface area contributed by atoms with Gasteiger partial charge in [-0.25, -0.2) is 4.98 Å². The molecule has 102 valence electrons. The predicted octanol–water partition coefficient (Wildman–Crippen LogP) is 2.90. The first-order valence-electron chi connectivity index (χ1n) is 6.63. The van der Waals surface area contributed by atoms with Crippen LogP contribution in [0.15, 0.2) is 59.4 Å². The lowest BCUT2D eigenvalue weighted by Gasteiger charge is -1.95. The number of hydrogen-bond acceptors (Lipinski definition) is 4. The van der Waals surface area contributed by atoms with Crippen LogP contribution in [-0.4, -0.2) is 14.6 Å². The molecule has 0 amide bonds. The number of hydrogen-bond donors (Lipinski definition) is 0. The molecule has 2 aromatic carbocycles. The fraction of sp³-hybridized carbons (Fsp3) is 0.0625. The van der Waals surface area contributed by atoms with Crippen molar-refractivity contribution >= 4 is 27.2 Å². The largest absolute Gasteiger partial charge is 0.283 e. The van der Waals surface area contributed by atoms with Crippen LogP contribution in [-0.2, 0) is 6.42 Å². The molecule has 21 heavy (non-hydrogen) atoms. The van der Waals surface area contributed by atoms with E-state index in [0.717, 1.165) is 10.5 Å². The van der Waals surface area contributed by atoms with Gasteiger partial charge in [0.2, 0.25) is 4.96 Å². The highest BCUT2D eigenvalue weighted by Gasteiger charge is 2.10. The summed E-state index contributed by atoms with van der Waals surface area (Å²) in [6.07, 6.45) is 0.713. The normalized spacial score (nSPS) is 11.2. The SMILES string of the molecule is O=c1c2ccccc2nc2sc(Cc3ccccc3)nn12. The Morgan fingerprint density at radius 3 is 2.62 bits per heavy atom. The third-order valence-corrected chi connectivity index (χ3v) is 4.25. The van der Waals surface area contributed by atoms with Crippen molar-refractivity contribution in [3.8, 4) is 0 Å². The second-order valence-electron chi connectivity index (χ2n) is 4.79. The summed E-state index contributed by atoms with van der Waals surface area (Å²) in [5.74, 6) is 0. The molecule has 0 atom stereocenters. The van der Waals surface area contributed by atoms with E-state index in [0.29, 0.717) is 16.8 Å². The minimum atomic E-state index is -0.105. The summed E-state index contributed by atoms with van der Waals surface area (Å²) in [5.41, 5.74) is 1.79. The Bertz CT molecular complexity index is 989. The molecule has 4 rings (SSSR count). The van der Waals surface area contributed by atoms with Crippen LogP contribution < -0.4 is 5.56 Å². The number of fused-ring (bicyclic) bond motifs is 2. The lowest BCUT2D eigenvalue weighted by Crippen LogP contribution is -2.15. The van der Waals surface area contributed by atoms with Crippen LogP contribution in [0.25, 0.3) is 15.9 Å². The Kier molecular flexibility index (Phi) is 2.79. The Morgan fingerprint density at radius 1 is 1.00 bits per heavy atom. The molecule has 4 aromatic rings. The molecule has 0 saturated heterocycles. The summed E-state index contributed by atoms with van der Waals surface area (Å²) in [4.78, 5) is 17.6. The van der Waals surface area contributed by atoms with Gasteiger partial charge >= 0.3 is 0 Å². The van der Waals surface area contributed by atoms with Gasteiger partial charge in [0.1, 0.15) is 5.01 Å². The maximum Gasteiger partial charge on any atom is 0.283 e. The summed E-state index contributed by atoms with van der Waals surface area (Å²) in [6.45, 7) is 0. The maximum absolute atomic E-state index is 12.4. The summed E-state index contributed by atoms with van der Waals surface area (Å²) in [6, 6.07) is 17.5. The van der Waals surface area contributed by atoms with Gasteiger partial charge in [-0.15, -0.1) is 0 Å². The van der Waals surface area contributed by atoms with Gasteiger partial charge in [0.15, 0.2) is 0 Å². The molecule has 0 N–H and O–H groups in total. The monoisotopic (exact) mass is 293 g/mol.